The Labute approximate surface area is 146 Å². The molecule has 0 radical (unpaired) electrons. The summed E-state index contributed by atoms with van der Waals surface area (Å²) in [4.78, 5) is 11.9. The van der Waals surface area contributed by atoms with Crippen molar-refractivity contribution in [1.82, 2.24) is 5.32 Å². The lowest BCUT2D eigenvalue weighted by atomic mass is 9.87. The van der Waals surface area contributed by atoms with Gasteiger partial charge in [0.15, 0.2) is 0 Å². The topological polar surface area (TPSA) is 47.6 Å². The highest BCUT2D eigenvalue weighted by atomic mass is 35.5. The first-order chi connectivity index (χ1) is 10.9. The smallest absolute Gasteiger partial charge is 0.306 e. The Hall–Kier alpha value is -0.810. The van der Waals surface area contributed by atoms with Crippen LogP contribution in [0.2, 0.25) is 10.0 Å². The summed E-state index contributed by atoms with van der Waals surface area (Å²) in [7, 11) is 0. The molecule has 2 atom stereocenters. The van der Waals surface area contributed by atoms with Gasteiger partial charge in [-0.2, -0.15) is 0 Å². The minimum absolute atomic E-state index is 0.117. The van der Waals surface area contributed by atoms with Crippen molar-refractivity contribution in [1.29, 1.82) is 0 Å². The summed E-state index contributed by atoms with van der Waals surface area (Å²) in [5, 5.41) is 4.46. The molecule has 2 aliphatic heterocycles. The Kier molecular flexibility index (Phi) is 4.88. The molecular formula is C17H21Cl2NO3. The van der Waals surface area contributed by atoms with Gasteiger partial charge in [0.05, 0.1) is 22.8 Å². The summed E-state index contributed by atoms with van der Waals surface area (Å²) < 4.78 is 11.3. The molecule has 6 heteroatoms. The number of hydrogen-bond donors (Lipinski definition) is 1. The van der Waals surface area contributed by atoms with Crippen LogP contribution in [-0.4, -0.2) is 31.3 Å². The largest absolute Gasteiger partial charge is 0.463 e. The average molecular weight is 358 g/mol. The van der Waals surface area contributed by atoms with E-state index in [9.17, 15) is 4.79 Å². The predicted molar refractivity (Wildman–Crippen MR) is 90.0 cm³/mol. The molecule has 126 valence electrons. The third-order valence-corrected chi connectivity index (χ3v) is 5.29. The zero-order valence-electron chi connectivity index (χ0n) is 13.3. The standard InChI is InChI=1S/C17H21Cl2NO3/c1-10(2)23-15(21)6-3-12-13(4-5-14(18)16(12)19)17-7-11(8-22-17)20-9-17/h4-5,10-11,20H,3,6-9H2,1-2H3. The van der Waals surface area contributed by atoms with Gasteiger partial charge in [0.25, 0.3) is 0 Å². The van der Waals surface area contributed by atoms with E-state index >= 15 is 0 Å². The number of halogens is 2. The SMILES string of the molecule is CC(C)OC(=O)CCc1c(C23CNC(CO2)C3)ccc(Cl)c1Cl. The zero-order valence-corrected chi connectivity index (χ0v) is 14.8. The number of hydrogen-bond acceptors (Lipinski definition) is 4. The molecule has 2 aliphatic rings. The van der Waals surface area contributed by atoms with Gasteiger partial charge >= 0.3 is 5.97 Å². The minimum Gasteiger partial charge on any atom is -0.463 e. The van der Waals surface area contributed by atoms with Crippen LogP contribution in [0.3, 0.4) is 0 Å². The van der Waals surface area contributed by atoms with Gasteiger partial charge in [0.2, 0.25) is 0 Å². The maximum Gasteiger partial charge on any atom is 0.306 e. The Morgan fingerprint density at radius 1 is 1.48 bits per heavy atom. The third kappa shape index (κ3) is 3.36. The molecule has 2 unspecified atom stereocenters. The van der Waals surface area contributed by atoms with E-state index in [1.807, 2.05) is 19.9 Å². The highest BCUT2D eigenvalue weighted by molar-refractivity contribution is 6.42. The van der Waals surface area contributed by atoms with E-state index in [0.29, 0.717) is 29.1 Å². The molecule has 0 saturated carbocycles. The van der Waals surface area contributed by atoms with Crippen LogP contribution in [-0.2, 0) is 26.3 Å². The number of carbonyl (C=O) groups excluding carboxylic acids is 1. The summed E-state index contributed by atoms with van der Waals surface area (Å²) >= 11 is 12.6. The van der Waals surface area contributed by atoms with E-state index in [1.54, 1.807) is 6.07 Å². The van der Waals surface area contributed by atoms with Gasteiger partial charge in [-0.25, -0.2) is 0 Å². The van der Waals surface area contributed by atoms with E-state index in [4.69, 9.17) is 32.7 Å². The first-order valence-electron chi connectivity index (χ1n) is 7.95. The summed E-state index contributed by atoms with van der Waals surface area (Å²) in [6.07, 6.45) is 1.58. The molecule has 0 aromatic heterocycles. The zero-order chi connectivity index (χ0) is 16.6. The fraction of sp³-hybridized carbons (Fsp3) is 0.588. The number of benzene rings is 1. The quantitative estimate of drug-likeness (QED) is 0.819. The number of nitrogens with one attached hydrogen (secondary N) is 1. The van der Waals surface area contributed by atoms with E-state index in [-0.39, 0.29) is 24.1 Å². The molecule has 0 spiro atoms. The molecule has 2 heterocycles. The average Bonchev–Trinajstić information content (AvgIpc) is 3.09. The first-order valence-corrected chi connectivity index (χ1v) is 8.71. The van der Waals surface area contributed by atoms with Crippen LogP contribution in [0.1, 0.15) is 37.8 Å². The van der Waals surface area contributed by atoms with Crippen molar-refractivity contribution in [3.63, 3.8) is 0 Å². The lowest BCUT2D eigenvalue weighted by molar-refractivity contribution is -0.147. The van der Waals surface area contributed by atoms with Gasteiger partial charge in [-0.1, -0.05) is 29.3 Å². The maximum atomic E-state index is 11.9. The van der Waals surface area contributed by atoms with Crippen molar-refractivity contribution in [3.05, 3.63) is 33.3 Å². The Balaban J connectivity index is 1.86. The monoisotopic (exact) mass is 357 g/mol. The van der Waals surface area contributed by atoms with Crippen molar-refractivity contribution < 1.29 is 14.3 Å². The molecule has 3 rings (SSSR count). The van der Waals surface area contributed by atoms with Gasteiger partial charge in [-0.3, -0.25) is 4.79 Å². The summed E-state index contributed by atoms with van der Waals surface area (Å²) in [5.41, 5.74) is 1.58. The van der Waals surface area contributed by atoms with E-state index < -0.39 is 0 Å². The molecule has 1 aromatic rings. The van der Waals surface area contributed by atoms with Gasteiger partial charge in [-0.05, 0) is 43.9 Å². The van der Waals surface area contributed by atoms with Crippen molar-refractivity contribution in [3.8, 4) is 0 Å². The molecule has 2 saturated heterocycles. The molecule has 1 aromatic carbocycles. The highest BCUT2D eigenvalue weighted by Gasteiger charge is 2.48. The second-order valence-corrected chi connectivity index (χ2v) is 7.30. The first kappa shape index (κ1) is 17.0. The van der Waals surface area contributed by atoms with Crippen molar-refractivity contribution in [2.45, 2.75) is 50.9 Å². The molecule has 2 fully saturated rings. The van der Waals surface area contributed by atoms with Gasteiger partial charge in [-0.15, -0.1) is 0 Å². The number of rotatable bonds is 5. The molecule has 0 aliphatic carbocycles. The summed E-state index contributed by atoms with van der Waals surface area (Å²) in [6, 6.07) is 4.18. The van der Waals surface area contributed by atoms with Crippen molar-refractivity contribution in [2.75, 3.05) is 13.2 Å². The highest BCUT2D eigenvalue weighted by Crippen LogP contribution is 2.44. The molecule has 1 N–H and O–H groups in total. The van der Waals surface area contributed by atoms with Crippen molar-refractivity contribution >= 4 is 29.2 Å². The summed E-state index contributed by atoms with van der Waals surface area (Å²) in [6.45, 7) is 5.14. The van der Waals surface area contributed by atoms with Crippen LogP contribution in [0.4, 0.5) is 0 Å². The number of esters is 1. The molecule has 0 amide bonds. The number of ether oxygens (including phenoxy) is 2. The van der Waals surface area contributed by atoms with Crippen LogP contribution < -0.4 is 5.32 Å². The van der Waals surface area contributed by atoms with Gasteiger partial charge in [0, 0.05) is 19.0 Å². The van der Waals surface area contributed by atoms with E-state index in [1.165, 1.54) is 0 Å². The van der Waals surface area contributed by atoms with E-state index in [0.717, 1.165) is 24.1 Å². The Bertz CT molecular complexity index is 610. The molecular weight excluding hydrogens is 337 g/mol. The minimum atomic E-state index is -0.351. The Morgan fingerprint density at radius 2 is 2.26 bits per heavy atom. The predicted octanol–water partition coefficient (Wildman–Crippen LogP) is 3.47. The number of carbonyl (C=O) groups is 1. The van der Waals surface area contributed by atoms with Crippen LogP contribution in [0, 0.1) is 0 Å². The fourth-order valence-corrected chi connectivity index (χ4v) is 3.87. The number of morpholine rings is 1. The second kappa shape index (κ2) is 6.60. The lowest BCUT2D eigenvalue weighted by Crippen LogP contribution is -2.38. The third-order valence-electron chi connectivity index (χ3n) is 4.45. The summed E-state index contributed by atoms with van der Waals surface area (Å²) in [5.74, 6) is -0.228. The van der Waals surface area contributed by atoms with Gasteiger partial charge in [0.1, 0.15) is 5.60 Å². The van der Waals surface area contributed by atoms with Gasteiger partial charge < -0.3 is 14.8 Å². The molecule has 4 nitrogen and oxygen atoms in total. The van der Waals surface area contributed by atoms with Crippen LogP contribution in [0.15, 0.2) is 12.1 Å². The fourth-order valence-electron chi connectivity index (χ4n) is 3.44. The van der Waals surface area contributed by atoms with Crippen molar-refractivity contribution in [2.24, 2.45) is 0 Å². The van der Waals surface area contributed by atoms with Crippen LogP contribution in [0.5, 0.6) is 0 Å². The lowest BCUT2D eigenvalue weighted by Gasteiger charge is -2.30. The maximum absolute atomic E-state index is 11.9. The Morgan fingerprint density at radius 3 is 2.83 bits per heavy atom. The normalized spacial score (nSPS) is 26.0. The van der Waals surface area contributed by atoms with E-state index in [2.05, 4.69) is 5.32 Å². The number of fused-ring (bicyclic) bond motifs is 2. The van der Waals surface area contributed by atoms with Crippen LogP contribution in [0.25, 0.3) is 0 Å². The molecule has 2 bridgehead atoms. The van der Waals surface area contributed by atoms with Crippen LogP contribution >= 0.6 is 23.2 Å². The molecule has 23 heavy (non-hydrogen) atoms. The second-order valence-electron chi connectivity index (χ2n) is 6.51.